The van der Waals surface area contributed by atoms with Gasteiger partial charge < -0.3 is 15.2 Å². The second-order valence-corrected chi connectivity index (χ2v) is 5.24. The highest BCUT2D eigenvalue weighted by Crippen LogP contribution is 2.30. The van der Waals surface area contributed by atoms with Crippen LogP contribution in [0.15, 0.2) is 42.5 Å². The van der Waals surface area contributed by atoms with Crippen LogP contribution in [0.1, 0.15) is 29.2 Å². The Bertz CT molecular complexity index is 578. The molecule has 0 aromatic heterocycles. The summed E-state index contributed by atoms with van der Waals surface area (Å²) in [5, 5.41) is 0. The highest BCUT2D eigenvalue weighted by atomic mass is 16.5. The smallest absolute Gasteiger partial charge is 0.123 e. The molecule has 0 fully saturated rings. The summed E-state index contributed by atoms with van der Waals surface area (Å²) in [7, 11) is 3.32. The molecule has 2 aromatic carbocycles. The van der Waals surface area contributed by atoms with Crippen LogP contribution in [0, 0.1) is 6.92 Å². The van der Waals surface area contributed by atoms with E-state index < -0.39 is 0 Å². The molecule has 2 aromatic rings. The average molecular weight is 285 g/mol. The van der Waals surface area contributed by atoms with E-state index in [9.17, 15) is 0 Å². The standard InChI is InChI=1S/C18H23NO2/c1-13-4-6-14(7-5-13)8-10-17(19)16-12-15(20-2)9-11-18(16)21-3/h4-7,9,11-12,17H,8,10,19H2,1-3H3. The highest BCUT2D eigenvalue weighted by Gasteiger charge is 2.13. The normalized spacial score (nSPS) is 12.0. The summed E-state index contributed by atoms with van der Waals surface area (Å²) < 4.78 is 10.7. The fraction of sp³-hybridized carbons (Fsp3) is 0.333. The van der Waals surface area contributed by atoms with Gasteiger partial charge in [0.25, 0.3) is 0 Å². The molecule has 21 heavy (non-hydrogen) atoms. The number of hydrogen-bond donors (Lipinski definition) is 1. The topological polar surface area (TPSA) is 44.5 Å². The van der Waals surface area contributed by atoms with E-state index in [2.05, 4.69) is 31.2 Å². The number of rotatable bonds is 6. The molecule has 0 saturated heterocycles. The van der Waals surface area contributed by atoms with Gasteiger partial charge in [-0.25, -0.2) is 0 Å². The van der Waals surface area contributed by atoms with Crippen LogP contribution in [0.4, 0.5) is 0 Å². The molecule has 0 heterocycles. The van der Waals surface area contributed by atoms with Gasteiger partial charge in [-0.1, -0.05) is 29.8 Å². The quantitative estimate of drug-likeness (QED) is 0.881. The van der Waals surface area contributed by atoms with Gasteiger partial charge in [0.05, 0.1) is 14.2 Å². The van der Waals surface area contributed by atoms with Gasteiger partial charge in [-0.2, -0.15) is 0 Å². The minimum atomic E-state index is -0.0728. The Morgan fingerprint density at radius 2 is 1.71 bits per heavy atom. The molecular formula is C18H23NO2. The van der Waals surface area contributed by atoms with Crippen LogP contribution >= 0.6 is 0 Å². The van der Waals surface area contributed by atoms with Crippen molar-refractivity contribution in [2.45, 2.75) is 25.8 Å². The van der Waals surface area contributed by atoms with E-state index in [-0.39, 0.29) is 6.04 Å². The third-order valence-corrected chi connectivity index (χ3v) is 3.70. The SMILES string of the molecule is COc1ccc(OC)c(C(N)CCc2ccc(C)cc2)c1. The molecular weight excluding hydrogens is 262 g/mol. The number of methoxy groups -OCH3 is 2. The molecule has 1 atom stereocenters. The molecule has 0 spiro atoms. The van der Waals surface area contributed by atoms with Crippen LogP contribution in [0.3, 0.4) is 0 Å². The van der Waals surface area contributed by atoms with Gasteiger partial charge in [0.1, 0.15) is 11.5 Å². The van der Waals surface area contributed by atoms with Crippen molar-refractivity contribution < 1.29 is 9.47 Å². The Labute approximate surface area is 126 Å². The average Bonchev–Trinajstić information content (AvgIpc) is 2.53. The van der Waals surface area contributed by atoms with E-state index in [4.69, 9.17) is 15.2 Å². The predicted octanol–water partition coefficient (Wildman–Crippen LogP) is 3.64. The van der Waals surface area contributed by atoms with Gasteiger partial charge in [0, 0.05) is 11.6 Å². The van der Waals surface area contributed by atoms with Crippen LogP contribution in [-0.2, 0) is 6.42 Å². The molecule has 112 valence electrons. The monoisotopic (exact) mass is 285 g/mol. The molecule has 2 N–H and O–H groups in total. The number of hydrogen-bond acceptors (Lipinski definition) is 3. The van der Waals surface area contributed by atoms with E-state index in [1.165, 1.54) is 11.1 Å². The molecule has 0 bridgehead atoms. The lowest BCUT2D eigenvalue weighted by Gasteiger charge is -2.17. The van der Waals surface area contributed by atoms with Crippen LogP contribution < -0.4 is 15.2 Å². The zero-order chi connectivity index (χ0) is 15.2. The zero-order valence-electron chi connectivity index (χ0n) is 12.9. The zero-order valence-corrected chi connectivity index (χ0v) is 12.9. The molecule has 3 nitrogen and oxygen atoms in total. The van der Waals surface area contributed by atoms with Gasteiger partial charge in [-0.3, -0.25) is 0 Å². The van der Waals surface area contributed by atoms with Gasteiger partial charge in [0.15, 0.2) is 0 Å². The Morgan fingerprint density at radius 3 is 2.33 bits per heavy atom. The van der Waals surface area contributed by atoms with Crippen molar-refractivity contribution in [3.63, 3.8) is 0 Å². The molecule has 0 radical (unpaired) electrons. The lowest BCUT2D eigenvalue weighted by Crippen LogP contribution is -2.13. The maximum atomic E-state index is 6.34. The first-order valence-corrected chi connectivity index (χ1v) is 7.17. The van der Waals surface area contributed by atoms with Crippen molar-refractivity contribution >= 4 is 0 Å². The van der Waals surface area contributed by atoms with Crippen LogP contribution in [0.5, 0.6) is 11.5 Å². The number of ether oxygens (including phenoxy) is 2. The third kappa shape index (κ3) is 3.99. The third-order valence-electron chi connectivity index (χ3n) is 3.70. The minimum absolute atomic E-state index is 0.0728. The Hall–Kier alpha value is -2.00. The van der Waals surface area contributed by atoms with Gasteiger partial charge >= 0.3 is 0 Å². The Morgan fingerprint density at radius 1 is 1.00 bits per heavy atom. The number of aryl methyl sites for hydroxylation is 2. The summed E-state index contributed by atoms with van der Waals surface area (Å²) in [6.07, 6.45) is 1.81. The number of nitrogens with two attached hydrogens (primary N) is 1. The van der Waals surface area contributed by atoms with E-state index >= 15 is 0 Å². The van der Waals surface area contributed by atoms with E-state index in [1.54, 1.807) is 14.2 Å². The van der Waals surface area contributed by atoms with Gasteiger partial charge in [0.2, 0.25) is 0 Å². The van der Waals surface area contributed by atoms with Crippen LogP contribution in [0.25, 0.3) is 0 Å². The largest absolute Gasteiger partial charge is 0.497 e. The molecule has 0 aliphatic rings. The summed E-state index contributed by atoms with van der Waals surface area (Å²) >= 11 is 0. The van der Waals surface area contributed by atoms with Crippen molar-refractivity contribution in [3.8, 4) is 11.5 Å². The van der Waals surface area contributed by atoms with Crippen LogP contribution in [0.2, 0.25) is 0 Å². The summed E-state index contributed by atoms with van der Waals surface area (Å²) in [6, 6.07) is 14.2. The first kappa shape index (κ1) is 15.4. The summed E-state index contributed by atoms with van der Waals surface area (Å²) in [5.41, 5.74) is 9.91. The van der Waals surface area contributed by atoms with Crippen molar-refractivity contribution in [2.75, 3.05) is 14.2 Å². The molecule has 0 amide bonds. The summed E-state index contributed by atoms with van der Waals surface area (Å²) in [4.78, 5) is 0. The molecule has 1 unspecified atom stereocenters. The Kier molecular flexibility index (Phi) is 5.23. The predicted molar refractivity (Wildman–Crippen MR) is 86.0 cm³/mol. The van der Waals surface area contributed by atoms with Crippen molar-refractivity contribution in [1.82, 2.24) is 0 Å². The Balaban J connectivity index is 2.08. The molecule has 2 rings (SSSR count). The minimum Gasteiger partial charge on any atom is -0.497 e. The van der Waals surface area contributed by atoms with E-state index in [0.717, 1.165) is 29.9 Å². The van der Waals surface area contributed by atoms with Gasteiger partial charge in [-0.05, 0) is 43.5 Å². The first-order valence-electron chi connectivity index (χ1n) is 7.17. The van der Waals surface area contributed by atoms with E-state index in [0.29, 0.717) is 0 Å². The van der Waals surface area contributed by atoms with Crippen molar-refractivity contribution in [2.24, 2.45) is 5.73 Å². The summed E-state index contributed by atoms with van der Waals surface area (Å²) in [5.74, 6) is 1.61. The molecule has 0 saturated carbocycles. The summed E-state index contributed by atoms with van der Waals surface area (Å²) in [6.45, 7) is 2.09. The lowest BCUT2D eigenvalue weighted by molar-refractivity contribution is 0.394. The molecule has 0 aliphatic carbocycles. The fourth-order valence-corrected chi connectivity index (χ4v) is 2.36. The number of benzene rings is 2. The van der Waals surface area contributed by atoms with Crippen molar-refractivity contribution in [3.05, 3.63) is 59.2 Å². The first-order chi connectivity index (χ1) is 10.1. The highest BCUT2D eigenvalue weighted by molar-refractivity contribution is 5.42. The fourth-order valence-electron chi connectivity index (χ4n) is 2.36. The second kappa shape index (κ2) is 7.14. The van der Waals surface area contributed by atoms with Crippen LogP contribution in [-0.4, -0.2) is 14.2 Å². The second-order valence-electron chi connectivity index (χ2n) is 5.24. The maximum Gasteiger partial charge on any atom is 0.123 e. The maximum absolute atomic E-state index is 6.34. The molecule has 0 aliphatic heterocycles. The lowest BCUT2D eigenvalue weighted by atomic mass is 9.98. The van der Waals surface area contributed by atoms with E-state index in [1.807, 2.05) is 18.2 Å². The van der Waals surface area contributed by atoms with Crippen molar-refractivity contribution in [1.29, 1.82) is 0 Å². The molecule has 3 heteroatoms. The van der Waals surface area contributed by atoms with Gasteiger partial charge in [-0.15, -0.1) is 0 Å².